The van der Waals surface area contributed by atoms with Crippen LogP contribution in [0.4, 0.5) is 18.9 Å². The number of aryl methyl sites for hydroxylation is 3. The van der Waals surface area contributed by atoms with E-state index in [-0.39, 0.29) is 5.91 Å². The van der Waals surface area contributed by atoms with Gasteiger partial charge in [0, 0.05) is 17.1 Å². The Morgan fingerprint density at radius 1 is 1.06 bits per heavy atom. The van der Waals surface area contributed by atoms with Gasteiger partial charge in [0.05, 0.1) is 24.3 Å². The third-order valence-electron chi connectivity index (χ3n) is 4.22. The Hall–Kier alpha value is -3.70. The molecule has 2 aromatic heterocycles. The average molecular weight is 438 g/mol. The number of aliphatic carboxylic acids is 1. The first kappa shape index (κ1) is 23.6. The number of nitrogens with zero attached hydrogens (tertiary/aromatic N) is 5. The van der Waals surface area contributed by atoms with Gasteiger partial charge in [-0.05, 0) is 52.0 Å². The molecule has 0 atom stereocenters. The van der Waals surface area contributed by atoms with E-state index >= 15 is 0 Å². The topological polar surface area (TPSA) is 115 Å². The standard InChI is InChI=1S/C17H20N6O.C2HF3O2/c1-5-23-20-12(3)16(21-23)17(24)19-14-6-8-15(9-7-14)22-10-18-11(2)13(22)4;3-2(4,5)1(6)7/h6-10H,5H2,1-4H3,(H,19,24);(H,6,7). The van der Waals surface area contributed by atoms with E-state index in [1.165, 1.54) is 4.80 Å². The monoisotopic (exact) mass is 438 g/mol. The average Bonchev–Trinajstić information content (AvgIpc) is 3.24. The molecule has 3 aromatic rings. The number of hydrogen-bond acceptors (Lipinski definition) is 5. The lowest BCUT2D eigenvalue weighted by molar-refractivity contribution is -0.192. The highest BCUT2D eigenvalue weighted by molar-refractivity contribution is 6.03. The molecule has 31 heavy (non-hydrogen) atoms. The molecule has 0 spiro atoms. The molecule has 9 nitrogen and oxygen atoms in total. The summed E-state index contributed by atoms with van der Waals surface area (Å²) in [4.78, 5) is 27.0. The summed E-state index contributed by atoms with van der Waals surface area (Å²) in [5, 5.41) is 18.4. The van der Waals surface area contributed by atoms with Gasteiger partial charge in [0.2, 0.25) is 0 Å². The fourth-order valence-electron chi connectivity index (χ4n) is 2.44. The number of imidazole rings is 1. The molecular formula is C19H21F3N6O3. The summed E-state index contributed by atoms with van der Waals surface area (Å²) in [5.74, 6) is -3.01. The molecule has 0 fully saturated rings. The molecule has 0 unspecified atom stereocenters. The van der Waals surface area contributed by atoms with E-state index in [0.717, 1.165) is 17.1 Å². The largest absolute Gasteiger partial charge is 0.490 e. The Morgan fingerprint density at radius 2 is 1.65 bits per heavy atom. The number of carboxylic acids is 1. The molecule has 2 heterocycles. The number of anilines is 1. The normalized spacial score (nSPS) is 10.9. The highest BCUT2D eigenvalue weighted by atomic mass is 19.4. The minimum absolute atomic E-state index is 0.255. The van der Waals surface area contributed by atoms with Crippen molar-refractivity contribution < 1.29 is 27.9 Å². The van der Waals surface area contributed by atoms with Crippen LogP contribution in [0.1, 0.15) is 34.5 Å². The van der Waals surface area contributed by atoms with Crippen molar-refractivity contribution in [1.29, 1.82) is 0 Å². The number of benzene rings is 1. The predicted molar refractivity (Wildman–Crippen MR) is 105 cm³/mol. The first-order valence-electron chi connectivity index (χ1n) is 9.08. The molecule has 0 aliphatic heterocycles. The fourth-order valence-corrected chi connectivity index (χ4v) is 2.44. The van der Waals surface area contributed by atoms with Crippen LogP contribution in [0.15, 0.2) is 30.6 Å². The summed E-state index contributed by atoms with van der Waals surface area (Å²) in [6.07, 6.45) is -3.29. The van der Waals surface area contributed by atoms with Crippen LogP contribution in [-0.4, -0.2) is 47.7 Å². The molecule has 1 aromatic carbocycles. The number of alkyl halides is 3. The molecule has 0 aliphatic carbocycles. The van der Waals surface area contributed by atoms with Crippen LogP contribution in [0.2, 0.25) is 0 Å². The lowest BCUT2D eigenvalue weighted by Crippen LogP contribution is -2.21. The zero-order valence-electron chi connectivity index (χ0n) is 17.2. The number of amides is 1. The molecule has 1 amide bonds. The van der Waals surface area contributed by atoms with Crippen LogP contribution >= 0.6 is 0 Å². The van der Waals surface area contributed by atoms with Crippen molar-refractivity contribution in [2.75, 3.05) is 5.32 Å². The Kier molecular flexibility index (Phi) is 7.16. The predicted octanol–water partition coefficient (Wildman–Crippen LogP) is 3.29. The molecule has 0 aliphatic rings. The van der Waals surface area contributed by atoms with E-state index in [1.807, 2.05) is 49.6 Å². The lowest BCUT2D eigenvalue weighted by Gasteiger charge is -2.08. The summed E-state index contributed by atoms with van der Waals surface area (Å²) in [6.45, 7) is 8.34. The molecule has 3 rings (SSSR count). The second-order valence-corrected chi connectivity index (χ2v) is 6.41. The maximum absolute atomic E-state index is 12.3. The van der Waals surface area contributed by atoms with E-state index in [0.29, 0.717) is 23.6 Å². The number of carbonyl (C=O) groups is 2. The van der Waals surface area contributed by atoms with Crippen LogP contribution in [0.3, 0.4) is 0 Å². The SMILES string of the molecule is CCn1nc(C)c(C(=O)Nc2ccc(-n3cnc(C)c3C)cc2)n1.O=C(O)C(F)(F)F. The van der Waals surface area contributed by atoms with E-state index in [1.54, 1.807) is 13.3 Å². The van der Waals surface area contributed by atoms with Crippen LogP contribution in [0.25, 0.3) is 5.69 Å². The molecular weight excluding hydrogens is 417 g/mol. The van der Waals surface area contributed by atoms with Crippen molar-refractivity contribution >= 4 is 17.6 Å². The summed E-state index contributed by atoms with van der Waals surface area (Å²) in [5.41, 5.74) is 4.78. The third-order valence-corrected chi connectivity index (χ3v) is 4.22. The third kappa shape index (κ3) is 5.90. The van der Waals surface area contributed by atoms with Gasteiger partial charge in [0.25, 0.3) is 5.91 Å². The quantitative estimate of drug-likeness (QED) is 0.646. The fraction of sp³-hybridized carbons (Fsp3) is 0.316. The van der Waals surface area contributed by atoms with Gasteiger partial charge in [0.15, 0.2) is 5.69 Å². The maximum Gasteiger partial charge on any atom is 0.490 e. The number of halogens is 3. The van der Waals surface area contributed by atoms with Gasteiger partial charge in [0.1, 0.15) is 0 Å². The molecule has 0 saturated heterocycles. The number of carboxylic acid groups (broad SMARTS) is 1. The molecule has 0 saturated carbocycles. The second-order valence-electron chi connectivity index (χ2n) is 6.41. The molecule has 12 heteroatoms. The molecule has 166 valence electrons. The minimum atomic E-state index is -5.08. The van der Waals surface area contributed by atoms with Crippen molar-refractivity contribution in [1.82, 2.24) is 24.5 Å². The van der Waals surface area contributed by atoms with Crippen molar-refractivity contribution in [2.45, 2.75) is 40.4 Å². The van der Waals surface area contributed by atoms with Gasteiger partial charge in [-0.15, -0.1) is 5.10 Å². The summed E-state index contributed by atoms with van der Waals surface area (Å²) >= 11 is 0. The van der Waals surface area contributed by atoms with Crippen LogP contribution in [-0.2, 0) is 11.3 Å². The van der Waals surface area contributed by atoms with Crippen molar-refractivity contribution in [3.05, 3.63) is 53.4 Å². The lowest BCUT2D eigenvalue weighted by atomic mass is 10.2. The Balaban J connectivity index is 0.000000423. The van der Waals surface area contributed by atoms with Crippen LogP contribution < -0.4 is 5.32 Å². The second kappa shape index (κ2) is 9.41. The Labute approximate surface area is 175 Å². The number of rotatable bonds is 4. The minimum Gasteiger partial charge on any atom is -0.475 e. The number of aromatic nitrogens is 5. The van der Waals surface area contributed by atoms with Crippen molar-refractivity contribution in [2.24, 2.45) is 0 Å². The first-order chi connectivity index (χ1) is 14.4. The van der Waals surface area contributed by atoms with Gasteiger partial charge < -0.3 is 15.0 Å². The van der Waals surface area contributed by atoms with Gasteiger partial charge in [-0.3, -0.25) is 4.79 Å². The number of nitrogens with one attached hydrogen (secondary N) is 1. The summed E-state index contributed by atoms with van der Waals surface area (Å²) in [7, 11) is 0. The summed E-state index contributed by atoms with van der Waals surface area (Å²) in [6, 6.07) is 7.61. The van der Waals surface area contributed by atoms with Crippen molar-refractivity contribution in [3.63, 3.8) is 0 Å². The van der Waals surface area contributed by atoms with Crippen molar-refractivity contribution in [3.8, 4) is 5.69 Å². The van der Waals surface area contributed by atoms with Crippen LogP contribution in [0, 0.1) is 20.8 Å². The Bertz CT molecular complexity index is 1070. The summed E-state index contributed by atoms with van der Waals surface area (Å²) < 4.78 is 33.7. The van der Waals surface area contributed by atoms with Gasteiger partial charge >= 0.3 is 12.1 Å². The van der Waals surface area contributed by atoms with Gasteiger partial charge in [-0.2, -0.15) is 23.1 Å². The number of carbonyl (C=O) groups excluding carboxylic acids is 1. The highest BCUT2D eigenvalue weighted by Crippen LogP contribution is 2.17. The number of hydrogen-bond donors (Lipinski definition) is 2. The smallest absolute Gasteiger partial charge is 0.475 e. The zero-order chi connectivity index (χ0) is 23.3. The molecule has 0 bridgehead atoms. The van der Waals surface area contributed by atoms with E-state index < -0.39 is 12.1 Å². The highest BCUT2D eigenvalue weighted by Gasteiger charge is 2.38. The zero-order valence-corrected chi connectivity index (χ0v) is 17.2. The maximum atomic E-state index is 12.3. The van der Waals surface area contributed by atoms with E-state index in [2.05, 4.69) is 20.5 Å². The van der Waals surface area contributed by atoms with Gasteiger partial charge in [-0.25, -0.2) is 9.78 Å². The van der Waals surface area contributed by atoms with Crippen LogP contribution in [0.5, 0.6) is 0 Å². The van der Waals surface area contributed by atoms with E-state index in [9.17, 15) is 18.0 Å². The Morgan fingerprint density at radius 3 is 2.06 bits per heavy atom. The molecule has 2 N–H and O–H groups in total. The van der Waals surface area contributed by atoms with Gasteiger partial charge in [-0.1, -0.05) is 0 Å². The molecule has 0 radical (unpaired) electrons. The van der Waals surface area contributed by atoms with E-state index in [4.69, 9.17) is 9.90 Å². The first-order valence-corrected chi connectivity index (χ1v) is 9.08.